The smallest absolute Gasteiger partial charge is 0.264 e. The average molecular weight is 596 g/mol. The maximum Gasteiger partial charge on any atom is 0.264 e. The molecule has 1 atom stereocenters. The number of ether oxygens (including phenoxy) is 1. The molecule has 3 aromatic rings. The molecule has 0 saturated heterocycles. The molecule has 1 aliphatic carbocycles. The van der Waals surface area contributed by atoms with Crippen LogP contribution in [0.2, 0.25) is 0 Å². The van der Waals surface area contributed by atoms with Crippen molar-refractivity contribution >= 4 is 27.5 Å². The van der Waals surface area contributed by atoms with E-state index < -0.39 is 34.3 Å². The first-order valence-electron chi connectivity index (χ1n) is 14.2. The van der Waals surface area contributed by atoms with Crippen LogP contribution in [0.3, 0.4) is 0 Å². The van der Waals surface area contributed by atoms with Crippen molar-refractivity contribution in [3.8, 4) is 5.75 Å². The van der Waals surface area contributed by atoms with Crippen LogP contribution in [0.15, 0.2) is 77.7 Å². The van der Waals surface area contributed by atoms with E-state index in [1.54, 1.807) is 55.5 Å². The highest BCUT2D eigenvalue weighted by atomic mass is 32.2. The minimum atomic E-state index is -4.19. The van der Waals surface area contributed by atoms with Crippen molar-refractivity contribution in [1.29, 1.82) is 0 Å². The van der Waals surface area contributed by atoms with Crippen molar-refractivity contribution in [2.45, 2.75) is 69.5 Å². The molecule has 1 saturated carbocycles. The SMILES string of the molecule is COc1ccc(S(=O)(=O)N(CC(=O)N(Cc2ccc(F)cc2)[C@@H](C)C(=O)NC2CCCCC2)c2ccc(C)cc2)cc1. The number of hydrogen-bond donors (Lipinski definition) is 1. The molecule has 0 bridgehead atoms. The molecule has 1 N–H and O–H groups in total. The number of carbonyl (C=O) groups is 2. The summed E-state index contributed by atoms with van der Waals surface area (Å²) in [5.74, 6) is -0.799. The molecule has 4 rings (SSSR count). The molecule has 0 heterocycles. The van der Waals surface area contributed by atoms with E-state index >= 15 is 0 Å². The summed E-state index contributed by atoms with van der Waals surface area (Å²) in [7, 11) is -2.70. The Morgan fingerprint density at radius 2 is 1.57 bits per heavy atom. The summed E-state index contributed by atoms with van der Waals surface area (Å²) in [5.41, 5.74) is 1.85. The summed E-state index contributed by atoms with van der Waals surface area (Å²) in [6.45, 7) is 2.98. The third-order valence-electron chi connectivity index (χ3n) is 7.63. The third-order valence-corrected chi connectivity index (χ3v) is 9.42. The summed E-state index contributed by atoms with van der Waals surface area (Å²) >= 11 is 0. The van der Waals surface area contributed by atoms with Gasteiger partial charge in [0.25, 0.3) is 10.0 Å². The lowest BCUT2D eigenvalue weighted by Gasteiger charge is -2.33. The lowest BCUT2D eigenvalue weighted by molar-refractivity contribution is -0.139. The van der Waals surface area contributed by atoms with Gasteiger partial charge in [-0.25, -0.2) is 12.8 Å². The second-order valence-electron chi connectivity index (χ2n) is 10.7. The normalized spacial score (nSPS) is 14.6. The zero-order valence-corrected chi connectivity index (χ0v) is 25.1. The molecule has 0 unspecified atom stereocenters. The van der Waals surface area contributed by atoms with Crippen LogP contribution >= 0.6 is 0 Å². The van der Waals surface area contributed by atoms with E-state index in [1.807, 2.05) is 6.92 Å². The van der Waals surface area contributed by atoms with Gasteiger partial charge in [0.2, 0.25) is 11.8 Å². The van der Waals surface area contributed by atoms with Gasteiger partial charge in [-0.1, -0.05) is 49.1 Å². The number of rotatable bonds is 11. The first kappa shape index (κ1) is 31.0. The number of benzene rings is 3. The number of hydrogen-bond acceptors (Lipinski definition) is 5. The Bertz CT molecular complexity index is 1460. The number of aryl methyl sites for hydroxylation is 1. The number of amides is 2. The number of methoxy groups -OCH3 is 1. The van der Waals surface area contributed by atoms with Crippen molar-refractivity contribution in [2.24, 2.45) is 0 Å². The maximum absolute atomic E-state index is 14.0. The molecule has 3 aromatic carbocycles. The number of halogens is 1. The van der Waals surface area contributed by atoms with Gasteiger partial charge in [-0.3, -0.25) is 13.9 Å². The molecule has 0 radical (unpaired) electrons. The molecule has 2 amide bonds. The van der Waals surface area contributed by atoms with Gasteiger partial charge in [-0.15, -0.1) is 0 Å². The first-order valence-corrected chi connectivity index (χ1v) is 15.6. The number of nitrogens with one attached hydrogen (secondary N) is 1. The lowest BCUT2D eigenvalue weighted by atomic mass is 9.95. The molecular formula is C32H38FN3O5S. The molecule has 224 valence electrons. The van der Waals surface area contributed by atoms with Gasteiger partial charge in [-0.2, -0.15) is 0 Å². The van der Waals surface area contributed by atoms with Gasteiger partial charge in [0.15, 0.2) is 0 Å². The van der Waals surface area contributed by atoms with E-state index in [4.69, 9.17) is 4.74 Å². The van der Waals surface area contributed by atoms with Crippen LogP contribution in [0.1, 0.15) is 50.2 Å². The van der Waals surface area contributed by atoms with Gasteiger partial charge in [-0.05, 0) is 80.8 Å². The second-order valence-corrected chi connectivity index (χ2v) is 12.6. The monoisotopic (exact) mass is 595 g/mol. The summed E-state index contributed by atoms with van der Waals surface area (Å²) < 4.78 is 47.7. The van der Waals surface area contributed by atoms with E-state index in [2.05, 4.69) is 5.32 Å². The van der Waals surface area contributed by atoms with Crippen LogP contribution in [0.4, 0.5) is 10.1 Å². The average Bonchev–Trinajstić information content (AvgIpc) is 3.00. The van der Waals surface area contributed by atoms with E-state index in [0.717, 1.165) is 42.0 Å². The van der Waals surface area contributed by atoms with Crippen LogP contribution < -0.4 is 14.4 Å². The van der Waals surface area contributed by atoms with Crippen molar-refractivity contribution in [1.82, 2.24) is 10.2 Å². The van der Waals surface area contributed by atoms with Gasteiger partial charge in [0, 0.05) is 12.6 Å². The molecule has 0 aromatic heterocycles. The van der Waals surface area contributed by atoms with Gasteiger partial charge < -0.3 is 15.0 Å². The molecule has 1 aliphatic rings. The van der Waals surface area contributed by atoms with Crippen molar-refractivity contribution in [2.75, 3.05) is 18.0 Å². The molecule has 8 nitrogen and oxygen atoms in total. The van der Waals surface area contributed by atoms with Crippen LogP contribution in [0.25, 0.3) is 0 Å². The van der Waals surface area contributed by atoms with Crippen LogP contribution in [0, 0.1) is 12.7 Å². The Balaban J connectivity index is 1.66. The molecule has 0 aliphatic heterocycles. The van der Waals surface area contributed by atoms with E-state index in [1.165, 1.54) is 36.3 Å². The van der Waals surface area contributed by atoms with Crippen molar-refractivity contribution < 1.29 is 27.1 Å². The number of carbonyl (C=O) groups excluding carboxylic acids is 2. The number of sulfonamides is 1. The van der Waals surface area contributed by atoms with Gasteiger partial charge >= 0.3 is 0 Å². The first-order chi connectivity index (χ1) is 20.1. The molecule has 10 heteroatoms. The second kappa shape index (κ2) is 13.8. The third kappa shape index (κ3) is 7.67. The summed E-state index contributed by atoms with van der Waals surface area (Å²) in [6.07, 6.45) is 4.96. The Morgan fingerprint density at radius 1 is 0.952 bits per heavy atom. The zero-order chi connectivity index (χ0) is 30.3. The molecular weight excluding hydrogens is 557 g/mol. The Kier molecular flexibility index (Phi) is 10.2. The van der Waals surface area contributed by atoms with Crippen LogP contribution in [-0.4, -0.2) is 50.9 Å². The fraction of sp³-hybridized carbons (Fsp3) is 0.375. The van der Waals surface area contributed by atoms with E-state index in [9.17, 15) is 22.4 Å². The minimum Gasteiger partial charge on any atom is -0.497 e. The highest BCUT2D eigenvalue weighted by molar-refractivity contribution is 7.92. The highest BCUT2D eigenvalue weighted by Crippen LogP contribution is 2.26. The fourth-order valence-corrected chi connectivity index (χ4v) is 6.47. The quantitative estimate of drug-likeness (QED) is 0.329. The predicted octanol–water partition coefficient (Wildman–Crippen LogP) is 5.20. The topological polar surface area (TPSA) is 96.0 Å². The predicted molar refractivity (Wildman–Crippen MR) is 160 cm³/mol. The largest absolute Gasteiger partial charge is 0.497 e. The van der Waals surface area contributed by atoms with Gasteiger partial charge in [0.05, 0.1) is 17.7 Å². The van der Waals surface area contributed by atoms with Crippen molar-refractivity contribution in [3.63, 3.8) is 0 Å². The van der Waals surface area contributed by atoms with Gasteiger partial charge in [0.1, 0.15) is 24.2 Å². The fourth-order valence-electron chi connectivity index (χ4n) is 5.05. The molecule has 0 spiro atoms. The highest BCUT2D eigenvalue weighted by Gasteiger charge is 2.33. The maximum atomic E-state index is 14.0. The zero-order valence-electron chi connectivity index (χ0n) is 24.3. The number of nitrogens with zero attached hydrogens (tertiary/aromatic N) is 2. The number of anilines is 1. The van der Waals surface area contributed by atoms with Crippen molar-refractivity contribution in [3.05, 3.63) is 89.7 Å². The standard InChI is InChI=1S/C32H38FN3O5S/c1-23-9-15-28(16-10-23)36(42(39,40)30-19-17-29(41-3)18-20-30)22-31(37)35(21-25-11-13-26(33)14-12-25)24(2)32(38)34-27-7-5-4-6-8-27/h9-20,24,27H,4-8,21-22H2,1-3H3,(H,34,38)/t24-/m0/s1. The summed E-state index contributed by atoms with van der Waals surface area (Å²) in [5, 5.41) is 3.07. The lowest BCUT2D eigenvalue weighted by Crippen LogP contribution is -2.53. The Hall–Kier alpha value is -3.92. The molecule has 42 heavy (non-hydrogen) atoms. The Morgan fingerprint density at radius 3 is 2.17 bits per heavy atom. The van der Waals surface area contributed by atoms with E-state index in [-0.39, 0.29) is 23.4 Å². The molecule has 1 fully saturated rings. The van der Waals surface area contributed by atoms with Crippen LogP contribution in [-0.2, 0) is 26.2 Å². The Labute approximate surface area is 247 Å². The minimum absolute atomic E-state index is 0.00267. The van der Waals surface area contributed by atoms with Crippen LogP contribution in [0.5, 0.6) is 5.75 Å². The summed E-state index contributed by atoms with van der Waals surface area (Å²) in [4.78, 5) is 28.7. The summed E-state index contributed by atoms with van der Waals surface area (Å²) in [6, 6.07) is 17.6. The van der Waals surface area contributed by atoms with E-state index in [0.29, 0.717) is 17.0 Å².